The number of anilines is 1. The molecule has 0 saturated heterocycles. The van der Waals surface area contributed by atoms with Crippen LogP contribution in [0.2, 0.25) is 0 Å². The Labute approximate surface area is 134 Å². The highest BCUT2D eigenvalue weighted by molar-refractivity contribution is 7.12. The van der Waals surface area contributed by atoms with E-state index in [2.05, 4.69) is 10.3 Å². The molecule has 0 aromatic carbocycles. The fourth-order valence-electron chi connectivity index (χ4n) is 1.99. The monoisotopic (exact) mass is 317 g/mol. The Morgan fingerprint density at radius 3 is 2.77 bits per heavy atom. The van der Waals surface area contributed by atoms with E-state index in [1.54, 1.807) is 18.3 Å². The third kappa shape index (κ3) is 4.14. The van der Waals surface area contributed by atoms with Crippen molar-refractivity contribution in [3.8, 4) is 0 Å². The molecular weight excluding hydrogens is 298 g/mol. The Morgan fingerprint density at radius 2 is 2.14 bits per heavy atom. The molecule has 2 aromatic heterocycles. The molecule has 0 spiro atoms. The molecule has 1 N–H and O–H groups in total. The maximum atomic E-state index is 12.2. The summed E-state index contributed by atoms with van der Waals surface area (Å²) >= 11 is 1.41. The lowest BCUT2D eigenvalue weighted by Gasteiger charge is -2.15. The lowest BCUT2D eigenvalue weighted by molar-refractivity contribution is 0.0915. The molecule has 6 heteroatoms. The number of Topliss-reactive ketones (excluding diaryl/α,β-unsaturated/α-hetero) is 1. The van der Waals surface area contributed by atoms with Crippen LogP contribution in [-0.2, 0) is 0 Å². The maximum absolute atomic E-state index is 12.2. The lowest BCUT2D eigenvalue weighted by atomic mass is 10.1. The molecule has 1 unspecified atom stereocenters. The number of aromatic nitrogens is 1. The fraction of sp³-hybridized carbons (Fsp3) is 0.312. The van der Waals surface area contributed by atoms with Crippen LogP contribution >= 0.6 is 11.3 Å². The van der Waals surface area contributed by atoms with Gasteiger partial charge in [-0.15, -0.1) is 11.3 Å². The Balaban J connectivity index is 1.96. The molecule has 1 amide bonds. The van der Waals surface area contributed by atoms with Gasteiger partial charge in [0, 0.05) is 38.4 Å². The van der Waals surface area contributed by atoms with Crippen molar-refractivity contribution in [2.24, 2.45) is 0 Å². The molecule has 22 heavy (non-hydrogen) atoms. The largest absolute Gasteiger partial charge is 0.378 e. The van der Waals surface area contributed by atoms with Gasteiger partial charge >= 0.3 is 0 Å². The number of amides is 1. The maximum Gasteiger partial charge on any atom is 0.270 e. The molecule has 2 heterocycles. The van der Waals surface area contributed by atoms with Crippen molar-refractivity contribution < 1.29 is 9.59 Å². The zero-order valence-corrected chi connectivity index (χ0v) is 13.7. The first kappa shape index (κ1) is 16.2. The van der Waals surface area contributed by atoms with Crippen LogP contribution in [0, 0.1) is 0 Å². The third-order valence-corrected chi connectivity index (χ3v) is 4.07. The average Bonchev–Trinajstić information content (AvgIpc) is 3.01. The van der Waals surface area contributed by atoms with Crippen molar-refractivity contribution in [2.75, 3.05) is 19.0 Å². The molecule has 2 rings (SSSR count). The second-order valence-electron chi connectivity index (χ2n) is 5.27. The lowest BCUT2D eigenvalue weighted by Crippen LogP contribution is -2.34. The van der Waals surface area contributed by atoms with E-state index >= 15 is 0 Å². The van der Waals surface area contributed by atoms with Crippen molar-refractivity contribution >= 4 is 28.7 Å². The number of nitrogens with zero attached hydrogens (tertiary/aromatic N) is 2. The minimum atomic E-state index is -0.268. The fourth-order valence-corrected chi connectivity index (χ4v) is 2.66. The van der Waals surface area contributed by atoms with Gasteiger partial charge in [0.2, 0.25) is 0 Å². The van der Waals surface area contributed by atoms with Gasteiger partial charge in [0.05, 0.1) is 4.88 Å². The van der Waals surface area contributed by atoms with Gasteiger partial charge in [0.25, 0.3) is 5.91 Å². The number of pyridine rings is 1. The molecule has 5 nitrogen and oxygen atoms in total. The van der Waals surface area contributed by atoms with Crippen LogP contribution in [0.4, 0.5) is 5.69 Å². The van der Waals surface area contributed by atoms with Gasteiger partial charge in [-0.3, -0.25) is 14.6 Å². The van der Waals surface area contributed by atoms with E-state index in [9.17, 15) is 9.59 Å². The molecule has 0 aliphatic rings. The van der Waals surface area contributed by atoms with Gasteiger partial charge < -0.3 is 10.2 Å². The Bertz CT molecular complexity index is 653. The highest BCUT2D eigenvalue weighted by Crippen LogP contribution is 2.13. The molecule has 116 valence electrons. The minimum Gasteiger partial charge on any atom is -0.378 e. The van der Waals surface area contributed by atoms with E-state index < -0.39 is 0 Å². The highest BCUT2D eigenvalue weighted by atomic mass is 32.1. The van der Waals surface area contributed by atoms with E-state index in [-0.39, 0.29) is 24.2 Å². The van der Waals surface area contributed by atoms with Crippen LogP contribution in [0.3, 0.4) is 0 Å². The smallest absolute Gasteiger partial charge is 0.270 e. The van der Waals surface area contributed by atoms with Gasteiger partial charge in [-0.2, -0.15) is 0 Å². The van der Waals surface area contributed by atoms with Gasteiger partial charge in [0.15, 0.2) is 5.78 Å². The number of thiophene rings is 1. The number of ketones is 1. The predicted molar refractivity (Wildman–Crippen MR) is 88.8 cm³/mol. The van der Waals surface area contributed by atoms with Crippen LogP contribution in [0.25, 0.3) is 0 Å². The Kier molecular flexibility index (Phi) is 5.27. The normalized spacial score (nSPS) is 11.8. The number of nitrogens with one attached hydrogen (secondary N) is 1. The molecule has 0 aliphatic carbocycles. The molecule has 0 bridgehead atoms. The Hall–Kier alpha value is -2.21. The van der Waals surface area contributed by atoms with Gasteiger partial charge in [-0.1, -0.05) is 6.07 Å². The molecule has 0 saturated carbocycles. The van der Waals surface area contributed by atoms with Gasteiger partial charge in [0.1, 0.15) is 5.69 Å². The van der Waals surface area contributed by atoms with E-state index in [1.807, 2.05) is 43.4 Å². The van der Waals surface area contributed by atoms with Gasteiger partial charge in [-0.25, -0.2) is 0 Å². The Morgan fingerprint density at radius 1 is 1.36 bits per heavy atom. The zero-order valence-electron chi connectivity index (χ0n) is 12.9. The molecular formula is C16H19N3O2S. The standard InChI is InChI=1S/C16H19N3O2S/c1-11(9-14(20)15-5-4-8-22-15)18-16(21)13-10-12(19(2)3)6-7-17-13/h4-8,10-11H,9H2,1-3H3,(H,18,21). The van der Waals surface area contributed by atoms with Crippen LogP contribution in [0.15, 0.2) is 35.8 Å². The number of rotatable bonds is 6. The highest BCUT2D eigenvalue weighted by Gasteiger charge is 2.16. The zero-order chi connectivity index (χ0) is 16.1. The summed E-state index contributed by atoms with van der Waals surface area (Å²) in [6.45, 7) is 1.82. The quantitative estimate of drug-likeness (QED) is 0.832. The second-order valence-corrected chi connectivity index (χ2v) is 6.22. The number of carbonyl (C=O) groups is 2. The first-order valence-corrected chi connectivity index (χ1v) is 7.86. The van der Waals surface area contributed by atoms with Gasteiger partial charge in [-0.05, 0) is 30.5 Å². The summed E-state index contributed by atoms with van der Waals surface area (Å²) in [5, 5.41) is 4.69. The number of hydrogen-bond acceptors (Lipinski definition) is 5. The summed E-state index contributed by atoms with van der Waals surface area (Å²) in [4.78, 5) is 30.9. The van der Waals surface area contributed by atoms with E-state index in [4.69, 9.17) is 0 Å². The average molecular weight is 317 g/mol. The topological polar surface area (TPSA) is 62.3 Å². The first-order valence-electron chi connectivity index (χ1n) is 6.98. The number of hydrogen-bond donors (Lipinski definition) is 1. The predicted octanol–water partition coefficient (Wildman–Crippen LogP) is 2.60. The van der Waals surface area contributed by atoms with Crippen LogP contribution in [0.5, 0.6) is 0 Å². The SMILES string of the molecule is CC(CC(=O)c1cccs1)NC(=O)c1cc(N(C)C)ccn1. The number of carbonyl (C=O) groups excluding carboxylic acids is 2. The van der Waals surface area contributed by atoms with E-state index in [0.29, 0.717) is 10.6 Å². The summed E-state index contributed by atoms with van der Waals surface area (Å²) in [5.74, 6) is -0.229. The summed E-state index contributed by atoms with van der Waals surface area (Å²) in [6.07, 6.45) is 1.88. The summed E-state index contributed by atoms with van der Waals surface area (Å²) in [5.41, 5.74) is 1.25. The molecule has 0 fully saturated rings. The molecule has 0 radical (unpaired) electrons. The first-order chi connectivity index (χ1) is 10.5. The second kappa shape index (κ2) is 7.17. The van der Waals surface area contributed by atoms with E-state index in [0.717, 1.165) is 5.69 Å². The summed E-state index contributed by atoms with van der Waals surface area (Å²) in [7, 11) is 3.80. The van der Waals surface area contributed by atoms with E-state index in [1.165, 1.54) is 11.3 Å². The molecule has 0 aliphatic heterocycles. The molecule has 1 atom stereocenters. The van der Waals surface area contributed by atoms with Crippen molar-refractivity contribution in [3.05, 3.63) is 46.4 Å². The third-order valence-electron chi connectivity index (χ3n) is 3.16. The van der Waals surface area contributed by atoms with Crippen molar-refractivity contribution in [2.45, 2.75) is 19.4 Å². The summed E-state index contributed by atoms with van der Waals surface area (Å²) < 4.78 is 0. The van der Waals surface area contributed by atoms with Crippen LogP contribution < -0.4 is 10.2 Å². The van der Waals surface area contributed by atoms with Crippen LogP contribution in [-0.4, -0.2) is 36.8 Å². The summed E-state index contributed by atoms with van der Waals surface area (Å²) in [6, 6.07) is 6.96. The van der Waals surface area contributed by atoms with Crippen molar-refractivity contribution in [1.82, 2.24) is 10.3 Å². The van der Waals surface area contributed by atoms with Crippen LogP contribution in [0.1, 0.15) is 33.5 Å². The molecule has 2 aromatic rings. The minimum absolute atomic E-state index is 0.0396. The van der Waals surface area contributed by atoms with Crippen molar-refractivity contribution in [1.29, 1.82) is 0 Å². The van der Waals surface area contributed by atoms with Crippen molar-refractivity contribution in [3.63, 3.8) is 0 Å².